The molecule has 1 amide bonds. The molecule has 0 saturated carbocycles. The van der Waals surface area contributed by atoms with Crippen LogP contribution in [-0.2, 0) is 25.8 Å². The van der Waals surface area contributed by atoms with Gasteiger partial charge in [0.1, 0.15) is 0 Å². The summed E-state index contributed by atoms with van der Waals surface area (Å²) in [6.45, 7) is 0. The first-order valence-electron chi connectivity index (χ1n) is 7.51. The molecule has 0 aromatic heterocycles. The van der Waals surface area contributed by atoms with E-state index < -0.39 is 38.5 Å². The molecule has 136 valence electrons. The topological polar surface area (TPSA) is 89.5 Å². The quantitative estimate of drug-likeness (QED) is 0.822. The maximum Gasteiger partial charge on any atom is 0.341 e. The van der Waals surface area contributed by atoms with Gasteiger partial charge in [-0.15, -0.1) is 0 Å². The van der Waals surface area contributed by atoms with E-state index in [2.05, 4.69) is 5.32 Å². The normalized spacial score (nSPS) is 16.7. The van der Waals surface area contributed by atoms with E-state index in [1.54, 1.807) is 24.3 Å². The smallest absolute Gasteiger partial charge is 0.341 e. The fraction of sp³-hybridized carbons (Fsp3) is 0.176. The minimum absolute atomic E-state index is 0.193. The van der Waals surface area contributed by atoms with Gasteiger partial charge in [0, 0.05) is 12.1 Å². The molecule has 0 radical (unpaired) electrons. The van der Waals surface area contributed by atoms with E-state index in [0.717, 1.165) is 12.1 Å². The molecule has 1 aliphatic heterocycles. The molecule has 0 saturated heterocycles. The Bertz CT molecular complexity index is 957. The number of fused-ring (bicyclic) bond motifs is 1. The van der Waals surface area contributed by atoms with E-state index in [1.165, 1.54) is 12.1 Å². The molecule has 2 aromatic rings. The highest BCUT2D eigenvalue weighted by Gasteiger charge is 2.31. The number of benzene rings is 2. The Kier molecular flexibility index (Phi) is 4.73. The first kappa shape index (κ1) is 18.0. The number of carbonyl (C=O) groups excluding carboxylic acids is 2. The van der Waals surface area contributed by atoms with E-state index in [9.17, 15) is 26.8 Å². The summed E-state index contributed by atoms with van der Waals surface area (Å²) in [5.41, 5.74) is 1.28. The van der Waals surface area contributed by atoms with Crippen molar-refractivity contribution in [3.63, 3.8) is 0 Å². The second-order valence-electron chi connectivity index (χ2n) is 5.57. The van der Waals surface area contributed by atoms with Crippen LogP contribution in [0.5, 0.6) is 0 Å². The van der Waals surface area contributed by atoms with Crippen LogP contribution in [0.25, 0.3) is 0 Å². The van der Waals surface area contributed by atoms with Crippen LogP contribution in [0.3, 0.4) is 0 Å². The Balaban J connectivity index is 1.72. The minimum Gasteiger partial charge on any atom is -0.448 e. The third kappa shape index (κ3) is 3.43. The second kappa shape index (κ2) is 6.83. The Hall–Kier alpha value is -2.81. The van der Waals surface area contributed by atoms with Crippen molar-refractivity contribution in [2.75, 3.05) is 5.32 Å². The maximum absolute atomic E-state index is 12.5. The molecule has 1 heterocycles. The van der Waals surface area contributed by atoms with Crippen LogP contribution in [0, 0.1) is 0 Å². The van der Waals surface area contributed by atoms with Gasteiger partial charge in [0.2, 0.25) is 9.84 Å². The molecular formula is C17H13F2NO5S. The summed E-state index contributed by atoms with van der Waals surface area (Å²) in [7, 11) is -4.70. The summed E-state index contributed by atoms with van der Waals surface area (Å²) >= 11 is 0. The number of sulfone groups is 1. The number of amides is 1. The number of halogens is 2. The fourth-order valence-electron chi connectivity index (χ4n) is 2.53. The van der Waals surface area contributed by atoms with E-state index in [1.807, 2.05) is 0 Å². The van der Waals surface area contributed by atoms with Crippen molar-refractivity contribution in [3.05, 3.63) is 59.7 Å². The molecule has 1 atom stereocenters. The van der Waals surface area contributed by atoms with Crippen LogP contribution < -0.4 is 5.32 Å². The molecule has 1 N–H and O–H groups in total. The third-order valence-electron chi connectivity index (χ3n) is 3.87. The van der Waals surface area contributed by atoms with E-state index >= 15 is 0 Å². The molecular weight excluding hydrogens is 368 g/mol. The lowest BCUT2D eigenvalue weighted by Crippen LogP contribution is -2.37. The number of nitrogens with one attached hydrogen (secondary N) is 1. The van der Waals surface area contributed by atoms with Gasteiger partial charge in [-0.1, -0.05) is 18.2 Å². The van der Waals surface area contributed by atoms with Crippen molar-refractivity contribution >= 4 is 27.4 Å². The Morgan fingerprint density at radius 1 is 1.12 bits per heavy atom. The fourth-order valence-corrected chi connectivity index (χ4v) is 3.25. The summed E-state index contributed by atoms with van der Waals surface area (Å²) in [5, 5.41) is 2.47. The highest BCUT2D eigenvalue weighted by Crippen LogP contribution is 2.23. The molecule has 0 fully saturated rings. The van der Waals surface area contributed by atoms with Gasteiger partial charge in [-0.2, -0.15) is 8.78 Å². The zero-order chi connectivity index (χ0) is 18.9. The first-order chi connectivity index (χ1) is 12.3. The van der Waals surface area contributed by atoms with Crippen LogP contribution in [0.1, 0.15) is 15.9 Å². The number of alkyl halides is 2. The maximum atomic E-state index is 12.5. The zero-order valence-corrected chi connectivity index (χ0v) is 14.0. The Morgan fingerprint density at radius 2 is 1.77 bits per heavy atom. The number of hydrogen-bond donors (Lipinski definition) is 1. The largest absolute Gasteiger partial charge is 0.448 e. The van der Waals surface area contributed by atoms with E-state index in [-0.39, 0.29) is 12.1 Å². The predicted octanol–water partition coefficient (Wildman–Crippen LogP) is 2.40. The molecule has 1 unspecified atom stereocenters. The molecule has 6 nitrogen and oxygen atoms in total. The average molecular weight is 381 g/mol. The van der Waals surface area contributed by atoms with Gasteiger partial charge in [-0.3, -0.25) is 4.79 Å². The standard InChI is InChI=1S/C17H13F2NO5S/c18-17(19)26(23,24)12-7-5-11(6-8-12)20-15(21)14-9-10-3-1-2-4-13(10)16(22)25-14/h1-8,14,17H,9H2,(H,20,21). The molecule has 1 aliphatic rings. The van der Waals surface area contributed by atoms with Gasteiger partial charge in [-0.05, 0) is 35.9 Å². The molecule has 0 bridgehead atoms. The summed E-state index contributed by atoms with van der Waals surface area (Å²) in [4.78, 5) is 23.7. The molecule has 2 aromatic carbocycles. The van der Waals surface area contributed by atoms with Crippen LogP contribution in [0.2, 0.25) is 0 Å². The van der Waals surface area contributed by atoms with Gasteiger partial charge >= 0.3 is 11.7 Å². The summed E-state index contributed by atoms with van der Waals surface area (Å²) in [6, 6.07) is 11.1. The number of anilines is 1. The summed E-state index contributed by atoms with van der Waals surface area (Å²) in [5.74, 6) is -4.73. The van der Waals surface area contributed by atoms with Crippen molar-refractivity contribution in [1.82, 2.24) is 0 Å². The summed E-state index contributed by atoms with van der Waals surface area (Å²) < 4.78 is 52.9. The SMILES string of the molecule is O=C1OC(C(=O)Nc2ccc(S(=O)(=O)C(F)F)cc2)Cc2ccccc21. The Morgan fingerprint density at radius 3 is 2.42 bits per heavy atom. The lowest BCUT2D eigenvalue weighted by atomic mass is 9.98. The number of carbonyl (C=O) groups is 2. The zero-order valence-electron chi connectivity index (χ0n) is 13.2. The van der Waals surface area contributed by atoms with Crippen LogP contribution in [-0.4, -0.2) is 32.2 Å². The van der Waals surface area contributed by atoms with Crippen molar-refractivity contribution in [2.45, 2.75) is 23.2 Å². The molecule has 0 spiro atoms. The van der Waals surface area contributed by atoms with Crippen LogP contribution >= 0.6 is 0 Å². The number of rotatable bonds is 4. The highest BCUT2D eigenvalue weighted by molar-refractivity contribution is 7.91. The van der Waals surface area contributed by atoms with Crippen molar-refractivity contribution in [3.8, 4) is 0 Å². The minimum atomic E-state index is -4.70. The van der Waals surface area contributed by atoms with Crippen molar-refractivity contribution < 1.29 is 31.5 Å². The van der Waals surface area contributed by atoms with Crippen LogP contribution in [0.15, 0.2) is 53.4 Å². The number of esters is 1. The molecule has 3 rings (SSSR count). The van der Waals surface area contributed by atoms with Crippen molar-refractivity contribution in [2.24, 2.45) is 0 Å². The van der Waals surface area contributed by atoms with E-state index in [0.29, 0.717) is 11.1 Å². The predicted molar refractivity (Wildman–Crippen MR) is 87.6 cm³/mol. The molecule has 0 aliphatic carbocycles. The van der Waals surface area contributed by atoms with Gasteiger partial charge < -0.3 is 10.1 Å². The highest BCUT2D eigenvalue weighted by atomic mass is 32.2. The van der Waals surface area contributed by atoms with E-state index in [4.69, 9.17) is 4.74 Å². The Labute approximate surface area is 147 Å². The number of ether oxygens (including phenoxy) is 1. The molecule has 9 heteroatoms. The molecule has 26 heavy (non-hydrogen) atoms. The van der Waals surface area contributed by atoms with Gasteiger partial charge in [0.25, 0.3) is 5.91 Å². The number of cyclic esters (lactones) is 1. The third-order valence-corrected chi connectivity index (χ3v) is 5.27. The van der Waals surface area contributed by atoms with Gasteiger partial charge in [0.15, 0.2) is 6.10 Å². The van der Waals surface area contributed by atoms with Gasteiger partial charge in [-0.25, -0.2) is 13.2 Å². The lowest BCUT2D eigenvalue weighted by Gasteiger charge is -2.23. The second-order valence-corrected chi connectivity index (χ2v) is 7.49. The monoisotopic (exact) mass is 381 g/mol. The van der Waals surface area contributed by atoms with Crippen molar-refractivity contribution in [1.29, 1.82) is 0 Å². The van der Waals surface area contributed by atoms with Gasteiger partial charge in [0.05, 0.1) is 10.5 Å². The lowest BCUT2D eigenvalue weighted by molar-refractivity contribution is -0.125. The summed E-state index contributed by atoms with van der Waals surface area (Å²) in [6.07, 6.45) is -0.840. The average Bonchev–Trinajstić information content (AvgIpc) is 2.62. The first-order valence-corrected chi connectivity index (χ1v) is 9.05. The number of hydrogen-bond acceptors (Lipinski definition) is 5. The van der Waals surface area contributed by atoms with Crippen LogP contribution in [0.4, 0.5) is 14.5 Å².